The molecule has 0 amide bonds. The summed E-state index contributed by atoms with van der Waals surface area (Å²) >= 11 is 1.88. The SMILES string of the molecule is CSCCc1nn(-c2cccc(C)c2C)c2c1CCN2. The highest BCUT2D eigenvalue weighted by Gasteiger charge is 2.23. The second kappa shape index (κ2) is 5.52. The van der Waals surface area contributed by atoms with Gasteiger partial charge >= 0.3 is 0 Å². The smallest absolute Gasteiger partial charge is 0.133 e. The number of nitrogens with one attached hydrogen (secondary N) is 1. The molecule has 106 valence electrons. The summed E-state index contributed by atoms with van der Waals surface area (Å²) in [4.78, 5) is 0. The van der Waals surface area contributed by atoms with Crippen molar-refractivity contribution >= 4 is 17.6 Å². The zero-order chi connectivity index (χ0) is 14.1. The molecule has 3 nitrogen and oxygen atoms in total. The summed E-state index contributed by atoms with van der Waals surface area (Å²) in [7, 11) is 0. The molecular formula is C16H21N3S. The molecule has 2 aromatic rings. The molecule has 20 heavy (non-hydrogen) atoms. The van der Waals surface area contributed by atoms with Crippen LogP contribution < -0.4 is 5.32 Å². The summed E-state index contributed by atoms with van der Waals surface area (Å²) < 4.78 is 2.11. The average Bonchev–Trinajstić information content (AvgIpc) is 3.02. The summed E-state index contributed by atoms with van der Waals surface area (Å²) in [5.74, 6) is 2.34. The van der Waals surface area contributed by atoms with Crippen LogP contribution in [-0.4, -0.2) is 28.3 Å². The third-order valence-corrected chi connectivity index (χ3v) is 4.69. The summed E-state index contributed by atoms with van der Waals surface area (Å²) in [5, 5.41) is 8.39. The summed E-state index contributed by atoms with van der Waals surface area (Å²) in [6.07, 6.45) is 4.31. The van der Waals surface area contributed by atoms with Crippen LogP contribution in [-0.2, 0) is 12.8 Å². The van der Waals surface area contributed by atoms with E-state index < -0.39 is 0 Å². The fraction of sp³-hybridized carbons (Fsp3) is 0.438. The van der Waals surface area contributed by atoms with Crippen LogP contribution in [0.25, 0.3) is 5.69 Å². The van der Waals surface area contributed by atoms with Gasteiger partial charge in [-0.25, -0.2) is 4.68 Å². The zero-order valence-corrected chi connectivity index (χ0v) is 13.2. The van der Waals surface area contributed by atoms with Crippen LogP contribution in [0.3, 0.4) is 0 Å². The van der Waals surface area contributed by atoms with Gasteiger partial charge in [0.05, 0.1) is 11.4 Å². The van der Waals surface area contributed by atoms with Gasteiger partial charge in [0.2, 0.25) is 0 Å². The van der Waals surface area contributed by atoms with Crippen molar-refractivity contribution in [2.45, 2.75) is 26.7 Å². The molecule has 2 heterocycles. The van der Waals surface area contributed by atoms with E-state index in [0.29, 0.717) is 0 Å². The second-order valence-electron chi connectivity index (χ2n) is 5.32. The Kier molecular flexibility index (Phi) is 3.74. The van der Waals surface area contributed by atoms with E-state index in [1.54, 1.807) is 0 Å². The minimum atomic E-state index is 1.03. The van der Waals surface area contributed by atoms with Crippen molar-refractivity contribution < 1.29 is 0 Å². The third-order valence-electron chi connectivity index (χ3n) is 4.08. The third kappa shape index (κ3) is 2.22. The van der Waals surface area contributed by atoms with E-state index in [0.717, 1.165) is 25.1 Å². The predicted molar refractivity (Wildman–Crippen MR) is 87.3 cm³/mol. The van der Waals surface area contributed by atoms with Crippen LogP contribution >= 0.6 is 11.8 Å². The number of aryl methyl sites for hydroxylation is 2. The van der Waals surface area contributed by atoms with Gasteiger partial charge in [-0.15, -0.1) is 0 Å². The molecule has 0 radical (unpaired) electrons. The molecular weight excluding hydrogens is 266 g/mol. The van der Waals surface area contributed by atoms with Gasteiger partial charge in [-0.05, 0) is 49.5 Å². The number of hydrogen-bond donors (Lipinski definition) is 1. The first-order valence-corrected chi connectivity index (χ1v) is 8.52. The standard InChI is InChI=1S/C16H21N3S/c1-11-5-4-6-15(12(11)2)19-16-13(7-9-17-16)14(18-19)8-10-20-3/h4-6,17H,7-10H2,1-3H3. The molecule has 4 heteroatoms. The van der Waals surface area contributed by atoms with Gasteiger partial charge in [0, 0.05) is 18.5 Å². The molecule has 0 saturated heterocycles. The molecule has 1 aliphatic rings. The normalized spacial score (nSPS) is 13.3. The minimum Gasteiger partial charge on any atom is -0.369 e. The summed E-state index contributed by atoms with van der Waals surface area (Å²) in [5.41, 5.74) is 6.50. The number of aromatic nitrogens is 2. The first-order valence-electron chi connectivity index (χ1n) is 7.12. The van der Waals surface area contributed by atoms with E-state index in [1.807, 2.05) is 11.8 Å². The Hall–Kier alpha value is -1.42. The number of rotatable bonds is 4. The lowest BCUT2D eigenvalue weighted by molar-refractivity contribution is 0.828. The molecule has 1 aromatic heterocycles. The number of fused-ring (bicyclic) bond motifs is 1. The van der Waals surface area contributed by atoms with Crippen LogP contribution in [0.5, 0.6) is 0 Å². The number of nitrogens with zero attached hydrogens (tertiary/aromatic N) is 2. The first kappa shape index (κ1) is 13.6. The van der Waals surface area contributed by atoms with Crippen LogP contribution in [0.4, 0.5) is 5.82 Å². The monoisotopic (exact) mass is 287 g/mol. The Bertz CT molecular complexity index is 631. The van der Waals surface area contributed by atoms with Crippen LogP contribution in [0.15, 0.2) is 18.2 Å². The van der Waals surface area contributed by atoms with Crippen molar-refractivity contribution in [3.63, 3.8) is 0 Å². The van der Waals surface area contributed by atoms with Gasteiger partial charge in [0.15, 0.2) is 0 Å². The number of benzene rings is 1. The lowest BCUT2D eigenvalue weighted by atomic mass is 10.1. The van der Waals surface area contributed by atoms with Gasteiger partial charge < -0.3 is 5.32 Å². The number of thioether (sulfide) groups is 1. The fourth-order valence-corrected chi connectivity index (χ4v) is 3.18. The molecule has 0 saturated carbocycles. The Morgan fingerprint density at radius 3 is 3.00 bits per heavy atom. The largest absolute Gasteiger partial charge is 0.369 e. The minimum absolute atomic E-state index is 1.03. The molecule has 3 rings (SSSR count). The van der Waals surface area contributed by atoms with E-state index in [1.165, 1.54) is 33.9 Å². The predicted octanol–water partition coefficient (Wildman–Crippen LogP) is 3.36. The molecule has 0 atom stereocenters. The molecule has 0 aliphatic carbocycles. The van der Waals surface area contributed by atoms with Crippen molar-refractivity contribution in [2.75, 3.05) is 23.9 Å². The Morgan fingerprint density at radius 1 is 1.35 bits per heavy atom. The topological polar surface area (TPSA) is 29.9 Å². The molecule has 1 N–H and O–H groups in total. The molecule has 1 aromatic carbocycles. The lowest BCUT2D eigenvalue weighted by Gasteiger charge is -2.11. The van der Waals surface area contributed by atoms with Gasteiger partial charge in [-0.1, -0.05) is 12.1 Å². The van der Waals surface area contributed by atoms with Crippen LogP contribution in [0.2, 0.25) is 0 Å². The van der Waals surface area contributed by atoms with E-state index in [-0.39, 0.29) is 0 Å². The van der Waals surface area contributed by atoms with Gasteiger partial charge in [0.25, 0.3) is 0 Å². The molecule has 1 aliphatic heterocycles. The van der Waals surface area contributed by atoms with Crippen molar-refractivity contribution in [1.82, 2.24) is 9.78 Å². The fourth-order valence-electron chi connectivity index (χ4n) is 2.78. The Balaban J connectivity index is 2.08. The number of anilines is 1. The molecule has 0 spiro atoms. The van der Waals surface area contributed by atoms with E-state index in [9.17, 15) is 0 Å². The van der Waals surface area contributed by atoms with Crippen LogP contribution in [0, 0.1) is 13.8 Å². The summed E-state index contributed by atoms with van der Waals surface area (Å²) in [6.45, 7) is 5.37. The van der Waals surface area contributed by atoms with E-state index >= 15 is 0 Å². The maximum atomic E-state index is 4.88. The maximum Gasteiger partial charge on any atom is 0.133 e. The quantitative estimate of drug-likeness (QED) is 0.935. The Labute approximate surface area is 124 Å². The summed E-state index contributed by atoms with van der Waals surface area (Å²) in [6, 6.07) is 6.43. The number of hydrogen-bond acceptors (Lipinski definition) is 3. The zero-order valence-electron chi connectivity index (χ0n) is 12.4. The molecule has 0 fully saturated rings. The van der Waals surface area contributed by atoms with Crippen LogP contribution in [0.1, 0.15) is 22.4 Å². The average molecular weight is 287 g/mol. The lowest BCUT2D eigenvalue weighted by Crippen LogP contribution is -2.07. The van der Waals surface area contributed by atoms with Crippen molar-refractivity contribution in [1.29, 1.82) is 0 Å². The van der Waals surface area contributed by atoms with E-state index in [2.05, 4.69) is 48.3 Å². The van der Waals surface area contributed by atoms with Crippen molar-refractivity contribution in [3.8, 4) is 5.69 Å². The van der Waals surface area contributed by atoms with Crippen molar-refractivity contribution in [3.05, 3.63) is 40.6 Å². The highest BCUT2D eigenvalue weighted by molar-refractivity contribution is 7.98. The maximum absolute atomic E-state index is 4.88. The molecule has 0 bridgehead atoms. The highest BCUT2D eigenvalue weighted by Crippen LogP contribution is 2.30. The highest BCUT2D eigenvalue weighted by atomic mass is 32.2. The van der Waals surface area contributed by atoms with Gasteiger partial charge in [-0.3, -0.25) is 0 Å². The second-order valence-corrected chi connectivity index (χ2v) is 6.31. The van der Waals surface area contributed by atoms with Gasteiger partial charge in [-0.2, -0.15) is 16.9 Å². The molecule has 0 unspecified atom stereocenters. The van der Waals surface area contributed by atoms with Gasteiger partial charge in [0.1, 0.15) is 5.82 Å². The first-order chi connectivity index (χ1) is 9.72. The Morgan fingerprint density at radius 2 is 2.20 bits per heavy atom. The van der Waals surface area contributed by atoms with E-state index in [4.69, 9.17) is 5.10 Å². The van der Waals surface area contributed by atoms with Crippen molar-refractivity contribution in [2.24, 2.45) is 0 Å².